The minimum atomic E-state index is -3.04. The first-order valence-electron chi connectivity index (χ1n) is 8.82. The average Bonchev–Trinajstić information content (AvgIpc) is 2.96. The van der Waals surface area contributed by atoms with Gasteiger partial charge in [0.15, 0.2) is 9.84 Å². The van der Waals surface area contributed by atoms with Crippen molar-refractivity contribution >= 4 is 15.7 Å². The smallest absolute Gasteiger partial charge is 0.254 e. The highest BCUT2D eigenvalue weighted by Gasteiger charge is 2.34. The zero-order chi connectivity index (χ0) is 18.3. The topological polar surface area (TPSA) is 63.7 Å². The van der Waals surface area contributed by atoms with Gasteiger partial charge in [-0.1, -0.05) is 25.8 Å². The predicted molar refractivity (Wildman–Crippen MR) is 99.8 cm³/mol. The van der Waals surface area contributed by atoms with Gasteiger partial charge in [-0.05, 0) is 37.1 Å². The first kappa shape index (κ1) is 19.5. The summed E-state index contributed by atoms with van der Waals surface area (Å²) in [7, 11) is -3.04. The van der Waals surface area contributed by atoms with Crippen molar-refractivity contribution in [3.05, 3.63) is 42.5 Å². The molecule has 1 aliphatic rings. The minimum absolute atomic E-state index is 0.0329. The van der Waals surface area contributed by atoms with E-state index in [0.29, 0.717) is 25.1 Å². The van der Waals surface area contributed by atoms with Crippen molar-refractivity contribution < 1.29 is 17.9 Å². The van der Waals surface area contributed by atoms with E-state index in [0.717, 1.165) is 25.0 Å². The van der Waals surface area contributed by atoms with Gasteiger partial charge in [0.2, 0.25) is 0 Å². The van der Waals surface area contributed by atoms with E-state index in [-0.39, 0.29) is 23.5 Å². The van der Waals surface area contributed by atoms with Crippen LogP contribution in [-0.2, 0) is 9.84 Å². The molecule has 5 nitrogen and oxygen atoms in total. The van der Waals surface area contributed by atoms with Crippen molar-refractivity contribution in [2.45, 2.75) is 38.6 Å². The van der Waals surface area contributed by atoms with Gasteiger partial charge in [-0.25, -0.2) is 8.42 Å². The standard InChI is InChI=1S/C19H27NO4S/c1-3-5-6-13-24-18-9-7-16(8-10-18)19(21)20(12-4-2)17-11-14-25(22,23)15-17/h4,7-10,17H,2-3,5-6,11-15H2,1H3. The second-order valence-electron chi connectivity index (χ2n) is 6.38. The Morgan fingerprint density at radius 1 is 1.32 bits per heavy atom. The Morgan fingerprint density at radius 3 is 2.60 bits per heavy atom. The molecule has 6 heteroatoms. The van der Waals surface area contributed by atoms with Crippen molar-refractivity contribution in [3.8, 4) is 5.75 Å². The number of nitrogens with zero attached hydrogens (tertiary/aromatic N) is 1. The lowest BCUT2D eigenvalue weighted by molar-refractivity contribution is 0.0720. The molecule has 1 heterocycles. The van der Waals surface area contributed by atoms with Gasteiger partial charge in [-0.15, -0.1) is 6.58 Å². The molecule has 1 aromatic rings. The molecule has 0 N–H and O–H groups in total. The summed E-state index contributed by atoms with van der Waals surface area (Å²) in [4.78, 5) is 14.4. The number of benzene rings is 1. The Morgan fingerprint density at radius 2 is 2.04 bits per heavy atom. The maximum absolute atomic E-state index is 12.8. The van der Waals surface area contributed by atoms with Crippen LogP contribution in [0.15, 0.2) is 36.9 Å². The number of carbonyl (C=O) groups is 1. The molecule has 1 unspecified atom stereocenters. The van der Waals surface area contributed by atoms with Crippen LogP contribution >= 0.6 is 0 Å². The molecule has 1 saturated heterocycles. The van der Waals surface area contributed by atoms with E-state index < -0.39 is 9.84 Å². The normalized spacial score (nSPS) is 18.7. The van der Waals surface area contributed by atoms with Gasteiger partial charge < -0.3 is 9.64 Å². The number of rotatable bonds is 9. The van der Waals surface area contributed by atoms with E-state index in [2.05, 4.69) is 13.5 Å². The van der Waals surface area contributed by atoms with E-state index in [1.54, 1.807) is 35.2 Å². The molecule has 0 spiro atoms. The summed E-state index contributed by atoms with van der Waals surface area (Å²) >= 11 is 0. The molecule has 1 amide bonds. The average molecular weight is 365 g/mol. The van der Waals surface area contributed by atoms with Crippen LogP contribution in [0, 0.1) is 0 Å². The number of hydrogen-bond acceptors (Lipinski definition) is 4. The Hall–Kier alpha value is -1.82. The number of sulfone groups is 1. The summed E-state index contributed by atoms with van der Waals surface area (Å²) in [6, 6.07) is 6.77. The Kier molecular flexibility index (Phi) is 7.05. The van der Waals surface area contributed by atoms with Crippen molar-refractivity contribution in [2.75, 3.05) is 24.7 Å². The van der Waals surface area contributed by atoms with Crippen LogP contribution in [0.4, 0.5) is 0 Å². The van der Waals surface area contributed by atoms with Crippen LogP contribution in [0.25, 0.3) is 0 Å². The SMILES string of the molecule is C=CCN(C(=O)c1ccc(OCCCCC)cc1)C1CCS(=O)(=O)C1. The Labute approximate surface area is 150 Å². The van der Waals surface area contributed by atoms with E-state index in [1.165, 1.54) is 0 Å². The summed E-state index contributed by atoms with van der Waals surface area (Å²) < 4.78 is 29.1. The molecule has 0 aromatic heterocycles. The first-order chi connectivity index (χ1) is 12.0. The lowest BCUT2D eigenvalue weighted by Crippen LogP contribution is -2.41. The third-order valence-corrected chi connectivity index (χ3v) is 6.10. The highest BCUT2D eigenvalue weighted by molar-refractivity contribution is 7.91. The zero-order valence-corrected chi connectivity index (χ0v) is 15.6. The fourth-order valence-electron chi connectivity index (χ4n) is 2.96. The summed E-state index contributed by atoms with van der Waals surface area (Å²) in [5.41, 5.74) is 0.534. The molecule has 0 aliphatic carbocycles. The van der Waals surface area contributed by atoms with Crippen molar-refractivity contribution in [1.82, 2.24) is 4.90 Å². The number of unbranched alkanes of at least 4 members (excludes halogenated alkanes) is 2. The van der Waals surface area contributed by atoms with Gasteiger partial charge in [-0.3, -0.25) is 4.79 Å². The molecule has 2 rings (SSSR count). The van der Waals surface area contributed by atoms with Crippen LogP contribution in [-0.4, -0.2) is 49.9 Å². The van der Waals surface area contributed by atoms with E-state index >= 15 is 0 Å². The van der Waals surface area contributed by atoms with Crippen LogP contribution in [0.1, 0.15) is 43.0 Å². The van der Waals surface area contributed by atoms with E-state index in [1.807, 2.05) is 0 Å². The monoisotopic (exact) mass is 365 g/mol. The van der Waals surface area contributed by atoms with Gasteiger partial charge in [-0.2, -0.15) is 0 Å². The van der Waals surface area contributed by atoms with Crippen LogP contribution in [0.5, 0.6) is 5.75 Å². The molecular formula is C19H27NO4S. The summed E-state index contributed by atoms with van der Waals surface area (Å²) in [6.07, 6.45) is 5.42. The molecule has 0 saturated carbocycles. The maximum Gasteiger partial charge on any atom is 0.254 e. The second kappa shape index (κ2) is 9.04. The molecular weight excluding hydrogens is 338 g/mol. The first-order valence-corrected chi connectivity index (χ1v) is 10.6. The van der Waals surface area contributed by atoms with Gasteiger partial charge in [0.25, 0.3) is 5.91 Å². The van der Waals surface area contributed by atoms with Crippen molar-refractivity contribution in [3.63, 3.8) is 0 Å². The number of ether oxygens (including phenoxy) is 1. The predicted octanol–water partition coefficient (Wildman–Crippen LogP) is 3.07. The van der Waals surface area contributed by atoms with Crippen molar-refractivity contribution in [1.29, 1.82) is 0 Å². The molecule has 0 radical (unpaired) electrons. The van der Waals surface area contributed by atoms with Crippen LogP contribution in [0.3, 0.4) is 0 Å². The third kappa shape index (κ3) is 5.59. The highest BCUT2D eigenvalue weighted by Crippen LogP contribution is 2.21. The van der Waals surface area contributed by atoms with E-state index in [9.17, 15) is 13.2 Å². The fourth-order valence-corrected chi connectivity index (χ4v) is 4.69. The number of amides is 1. The second-order valence-corrected chi connectivity index (χ2v) is 8.61. The molecule has 138 valence electrons. The largest absolute Gasteiger partial charge is 0.494 e. The van der Waals surface area contributed by atoms with Gasteiger partial charge in [0, 0.05) is 18.2 Å². The third-order valence-electron chi connectivity index (χ3n) is 4.35. The molecule has 1 fully saturated rings. The Bertz CT molecular complexity index is 682. The fraction of sp³-hybridized carbons (Fsp3) is 0.526. The minimum Gasteiger partial charge on any atom is -0.494 e. The maximum atomic E-state index is 12.8. The van der Waals surface area contributed by atoms with Crippen molar-refractivity contribution in [2.24, 2.45) is 0 Å². The molecule has 1 aromatic carbocycles. The van der Waals surface area contributed by atoms with Gasteiger partial charge in [0.1, 0.15) is 5.75 Å². The summed E-state index contributed by atoms with van der Waals surface area (Å²) in [6.45, 7) is 6.84. The molecule has 0 bridgehead atoms. The highest BCUT2D eigenvalue weighted by atomic mass is 32.2. The number of hydrogen-bond donors (Lipinski definition) is 0. The lowest BCUT2D eigenvalue weighted by atomic mass is 10.1. The van der Waals surface area contributed by atoms with Crippen LogP contribution < -0.4 is 4.74 Å². The van der Waals surface area contributed by atoms with Gasteiger partial charge >= 0.3 is 0 Å². The van der Waals surface area contributed by atoms with Gasteiger partial charge in [0.05, 0.1) is 18.1 Å². The van der Waals surface area contributed by atoms with Crippen LogP contribution in [0.2, 0.25) is 0 Å². The molecule has 1 aliphatic heterocycles. The number of carbonyl (C=O) groups excluding carboxylic acids is 1. The van der Waals surface area contributed by atoms with E-state index in [4.69, 9.17) is 4.74 Å². The summed E-state index contributed by atoms with van der Waals surface area (Å²) in [5.74, 6) is 0.750. The lowest BCUT2D eigenvalue weighted by Gasteiger charge is -2.27. The molecule has 1 atom stereocenters. The quantitative estimate of drug-likeness (QED) is 0.498. The Balaban J connectivity index is 2.02. The summed E-state index contributed by atoms with van der Waals surface area (Å²) in [5, 5.41) is 0. The molecule has 25 heavy (non-hydrogen) atoms. The zero-order valence-electron chi connectivity index (χ0n) is 14.8.